The lowest BCUT2D eigenvalue weighted by Crippen LogP contribution is -2.30. The number of fused-ring (bicyclic) bond motifs is 1. The molecule has 1 aliphatic heterocycles. The van der Waals surface area contributed by atoms with Crippen LogP contribution in [0.25, 0.3) is 0 Å². The van der Waals surface area contributed by atoms with E-state index >= 15 is 0 Å². The Kier molecular flexibility index (Phi) is 3.21. The van der Waals surface area contributed by atoms with Gasteiger partial charge in [0.2, 0.25) is 5.91 Å². The fraction of sp³-hybridized carbons (Fsp3) is 0.533. The van der Waals surface area contributed by atoms with Crippen molar-refractivity contribution in [1.29, 1.82) is 0 Å². The van der Waals surface area contributed by atoms with Crippen molar-refractivity contribution in [1.82, 2.24) is 0 Å². The Balaban J connectivity index is 1.79. The number of benzene rings is 1. The van der Waals surface area contributed by atoms with Gasteiger partial charge in [0.25, 0.3) is 0 Å². The molecule has 0 spiro atoms. The van der Waals surface area contributed by atoms with E-state index in [4.69, 9.17) is 0 Å². The zero-order valence-electron chi connectivity index (χ0n) is 11.5. The second kappa shape index (κ2) is 4.75. The highest BCUT2D eigenvalue weighted by Gasteiger charge is 2.34. The third-order valence-electron chi connectivity index (χ3n) is 4.21. The number of thioether (sulfide) groups is 1. The number of hydrogen-bond donors (Lipinski definition) is 2. The molecule has 0 aromatic heterocycles. The van der Waals surface area contributed by atoms with Gasteiger partial charge in [-0.15, -0.1) is 11.8 Å². The van der Waals surface area contributed by atoms with Gasteiger partial charge in [-0.25, -0.2) is 0 Å². The van der Waals surface area contributed by atoms with Gasteiger partial charge in [-0.3, -0.25) is 4.79 Å². The number of hydrogen-bond acceptors (Lipinski definition) is 3. The summed E-state index contributed by atoms with van der Waals surface area (Å²) in [7, 11) is 0. The largest absolute Gasteiger partial charge is 0.382 e. The third-order valence-corrected chi connectivity index (χ3v) is 5.28. The van der Waals surface area contributed by atoms with E-state index in [-0.39, 0.29) is 5.91 Å². The minimum atomic E-state index is 0.0934. The molecule has 1 amide bonds. The highest BCUT2D eigenvalue weighted by Crippen LogP contribution is 2.40. The maximum Gasteiger partial charge on any atom is 0.234 e. The smallest absolute Gasteiger partial charge is 0.234 e. The van der Waals surface area contributed by atoms with Crippen LogP contribution in [-0.2, 0) is 4.79 Å². The molecule has 1 heterocycles. The Morgan fingerprint density at radius 2 is 2.26 bits per heavy atom. The summed E-state index contributed by atoms with van der Waals surface area (Å²) in [6.07, 6.45) is 3.80. The van der Waals surface area contributed by atoms with Crippen molar-refractivity contribution in [3.63, 3.8) is 0 Å². The molecule has 1 unspecified atom stereocenters. The number of amides is 1. The molecule has 1 fully saturated rings. The summed E-state index contributed by atoms with van der Waals surface area (Å²) < 4.78 is 0. The van der Waals surface area contributed by atoms with Crippen LogP contribution in [0, 0.1) is 5.41 Å². The predicted molar refractivity (Wildman–Crippen MR) is 80.8 cm³/mol. The Labute approximate surface area is 118 Å². The van der Waals surface area contributed by atoms with Gasteiger partial charge >= 0.3 is 0 Å². The van der Waals surface area contributed by atoms with E-state index in [0.717, 1.165) is 16.3 Å². The first kappa shape index (κ1) is 12.9. The molecule has 1 aromatic carbocycles. The maximum atomic E-state index is 11.4. The molecule has 4 heteroatoms. The standard InChI is InChI=1S/C15H20N2OS/c1-15(2)7-3-4-13(15)16-10-5-6-12-11(8-10)17-14(18)9-19-12/h5-6,8,13,16H,3-4,7,9H2,1-2H3,(H,17,18). The number of carbonyl (C=O) groups excluding carboxylic acids is 1. The highest BCUT2D eigenvalue weighted by atomic mass is 32.2. The molecule has 19 heavy (non-hydrogen) atoms. The minimum absolute atomic E-state index is 0.0934. The van der Waals surface area contributed by atoms with E-state index in [1.807, 2.05) is 0 Å². The van der Waals surface area contributed by atoms with E-state index in [0.29, 0.717) is 17.2 Å². The lowest BCUT2D eigenvalue weighted by atomic mass is 9.87. The first-order valence-corrected chi connectivity index (χ1v) is 7.86. The highest BCUT2D eigenvalue weighted by molar-refractivity contribution is 8.00. The van der Waals surface area contributed by atoms with Crippen molar-refractivity contribution in [2.45, 2.75) is 44.0 Å². The zero-order chi connectivity index (χ0) is 13.5. The molecule has 2 aliphatic rings. The molecule has 1 aromatic rings. The predicted octanol–water partition coefficient (Wildman–Crippen LogP) is 3.72. The minimum Gasteiger partial charge on any atom is -0.382 e. The summed E-state index contributed by atoms with van der Waals surface area (Å²) >= 11 is 1.61. The van der Waals surface area contributed by atoms with Crippen LogP contribution >= 0.6 is 11.8 Å². The Bertz CT molecular complexity index is 513. The zero-order valence-corrected chi connectivity index (χ0v) is 12.3. The van der Waals surface area contributed by atoms with Crippen LogP contribution in [0.5, 0.6) is 0 Å². The second-order valence-corrected chi connectivity index (χ2v) is 7.14. The normalized spacial score (nSPS) is 24.7. The summed E-state index contributed by atoms with van der Waals surface area (Å²) in [5.74, 6) is 0.617. The molecule has 1 saturated carbocycles. The molecule has 1 aliphatic carbocycles. The molecule has 1 atom stereocenters. The lowest BCUT2D eigenvalue weighted by Gasteiger charge is -2.29. The Morgan fingerprint density at radius 3 is 3.00 bits per heavy atom. The summed E-state index contributed by atoms with van der Waals surface area (Å²) in [6.45, 7) is 4.65. The Hall–Kier alpha value is -1.16. The van der Waals surface area contributed by atoms with Crippen molar-refractivity contribution >= 4 is 29.0 Å². The van der Waals surface area contributed by atoms with Crippen molar-refractivity contribution < 1.29 is 4.79 Å². The summed E-state index contributed by atoms with van der Waals surface area (Å²) in [6, 6.07) is 6.81. The average molecular weight is 276 g/mol. The number of rotatable bonds is 2. The van der Waals surface area contributed by atoms with E-state index < -0.39 is 0 Å². The molecule has 3 nitrogen and oxygen atoms in total. The molecule has 2 N–H and O–H groups in total. The van der Waals surface area contributed by atoms with Gasteiger partial charge in [0.15, 0.2) is 0 Å². The molecule has 0 bridgehead atoms. The van der Waals surface area contributed by atoms with Crippen LogP contribution in [-0.4, -0.2) is 17.7 Å². The second-order valence-electron chi connectivity index (χ2n) is 6.13. The monoisotopic (exact) mass is 276 g/mol. The summed E-state index contributed by atoms with van der Waals surface area (Å²) in [5, 5.41) is 6.58. The van der Waals surface area contributed by atoms with E-state index in [9.17, 15) is 4.79 Å². The van der Waals surface area contributed by atoms with E-state index in [2.05, 4.69) is 42.7 Å². The van der Waals surface area contributed by atoms with Gasteiger partial charge in [-0.1, -0.05) is 20.3 Å². The number of nitrogens with one attached hydrogen (secondary N) is 2. The number of carbonyl (C=O) groups is 1. The van der Waals surface area contributed by atoms with Crippen LogP contribution in [0.2, 0.25) is 0 Å². The first-order valence-electron chi connectivity index (χ1n) is 6.88. The first-order chi connectivity index (χ1) is 9.04. The molecular formula is C15H20N2OS. The molecule has 3 rings (SSSR count). The maximum absolute atomic E-state index is 11.4. The number of anilines is 2. The van der Waals surface area contributed by atoms with Crippen LogP contribution in [0.4, 0.5) is 11.4 Å². The topological polar surface area (TPSA) is 41.1 Å². The fourth-order valence-electron chi connectivity index (χ4n) is 2.97. The average Bonchev–Trinajstić information content (AvgIpc) is 2.68. The van der Waals surface area contributed by atoms with Crippen molar-refractivity contribution in [3.05, 3.63) is 18.2 Å². The van der Waals surface area contributed by atoms with Gasteiger partial charge < -0.3 is 10.6 Å². The van der Waals surface area contributed by atoms with Crippen LogP contribution in [0.3, 0.4) is 0 Å². The van der Waals surface area contributed by atoms with Crippen molar-refractivity contribution in [2.75, 3.05) is 16.4 Å². The van der Waals surface area contributed by atoms with Crippen LogP contribution < -0.4 is 10.6 Å². The molecule has 0 radical (unpaired) electrons. The quantitative estimate of drug-likeness (QED) is 0.865. The lowest BCUT2D eigenvalue weighted by molar-refractivity contribution is -0.113. The van der Waals surface area contributed by atoms with Gasteiger partial charge in [0.1, 0.15) is 0 Å². The molecule has 0 saturated heterocycles. The van der Waals surface area contributed by atoms with Gasteiger partial charge in [0.05, 0.1) is 11.4 Å². The van der Waals surface area contributed by atoms with Crippen molar-refractivity contribution in [2.24, 2.45) is 5.41 Å². The van der Waals surface area contributed by atoms with Gasteiger partial charge in [-0.05, 0) is 36.5 Å². The van der Waals surface area contributed by atoms with E-state index in [1.54, 1.807) is 11.8 Å². The van der Waals surface area contributed by atoms with Crippen molar-refractivity contribution in [3.8, 4) is 0 Å². The molecular weight excluding hydrogens is 256 g/mol. The van der Waals surface area contributed by atoms with Crippen LogP contribution in [0.15, 0.2) is 23.1 Å². The SMILES string of the molecule is CC1(C)CCCC1Nc1ccc2c(c1)NC(=O)CS2. The van der Waals surface area contributed by atoms with Gasteiger partial charge in [-0.2, -0.15) is 0 Å². The fourth-order valence-corrected chi connectivity index (χ4v) is 3.76. The Morgan fingerprint density at radius 1 is 1.42 bits per heavy atom. The third kappa shape index (κ3) is 2.59. The van der Waals surface area contributed by atoms with Gasteiger partial charge in [0, 0.05) is 16.6 Å². The summed E-state index contributed by atoms with van der Waals surface area (Å²) in [4.78, 5) is 12.6. The summed E-state index contributed by atoms with van der Waals surface area (Å²) in [5.41, 5.74) is 2.41. The van der Waals surface area contributed by atoms with Crippen LogP contribution in [0.1, 0.15) is 33.1 Å². The van der Waals surface area contributed by atoms with E-state index in [1.165, 1.54) is 19.3 Å². The molecule has 102 valence electrons.